The van der Waals surface area contributed by atoms with E-state index in [4.69, 9.17) is 20.9 Å². The van der Waals surface area contributed by atoms with Crippen LogP contribution in [0.15, 0.2) is 61.2 Å². The number of carbonyl (C=O) groups excluding carboxylic acids is 2. The van der Waals surface area contributed by atoms with Crippen molar-refractivity contribution < 1.29 is 19.1 Å². The normalized spacial score (nSPS) is 18.1. The molecule has 1 aliphatic carbocycles. The Morgan fingerprint density at radius 2 is 1.67 bits per heavy atom. The van der Waals surface area contributed by atoms with Crippen LogP contribution in [0.3, 0.4) is 0 Å². The Hall–Kier alpha value is -3.54. The van der Waals surface area contributed by atoms with Gasteiger partial charge in [-0.2, -0.15) is 0 Å². The summed E-state index contributed by atoms with van der Waals surface area (Å²) >= 11 is 0. The summed E-state index contributed by atoms with van der Waals surface area (Å²) in [6, 6.07) is 12.4. The molecule has 4 N–H and O–H groups in total. The van der Waals surface area contributed by atoms with Crippen LogP contribution in [-0.4, -0.2) is 18.5 Å². The Kier molecular flexibility index (Phi) is 8.70. The smallest absolute Gasteiger partial charge is 0.330 e. The number of allylic oxidation sites excluding steroid dienone is 1. The molecule has 1 aliphatic rings. The van der Waals surface area contributed by atoms with Gasteiger partial charge in [-0.3, -0.25) is 4.79 Å². The zero-order valence-electron chi connectivity index (χ0n) is 18.9. The molecule has 0 aliphatic heterocycles. The Morgan fingerprint density at radius 1 is 1.00 bits per heavy atom. The van der Waals surface area contributed by atoms with Crippen LogP contribution in [0.2, 0.25) is 0 Å². The average molecular weight is 449 g/mol. The second-order valence-electron chi connectivity index (χ2n) is 8.49. The lowest BCUT2D eigenvalue weighted by molar-refractivity contribution is -0.140. The van der Waals surface area contributed by atoms with Gasteiger partial charge >= 0.3 is 11.9 Å². The van der Waals surface area contributed by atoms with Crippen molar-refractivity contribution >= 4 is 29.4 Å². The minimum atomic E-state index is -0.436. The van der Waals surface area contributed by atoms with Crippen LogP contribution in [0, 0.1) is 11.8 Å². The minimum absolute atomic E-state index is 0.0378. The highest BCUT2D eigenvalue weighted by atomic mass is 16.5. The summed E-state index contributed by atoms with van der Waals surface area (Å²) in [7, 11) is 0. The summed E-state index contributed by atoms with van der Waals surface area (Å²) in [4.78, 5) is 24.4. The van der Waals surface area contributed by atoms with E-state index in [-0.39, 0.29) is 18.5 Å². The summed E-state index contributed by atoms with van der Waals surface area (Å²) in [5.74, 6) is 0.508. The maximum atomic E-state index is 12.4. The van der Waals surface area contributed by atoms with E-state index in [1.54, 1.807) is 36.4 Å². The predicted molar refractivity (Wildman–Crippen MR) is 131 cm³/mol. The van der Waals surface area contributed by atoms with Crippen molar-refractivity contribution in [1.82, 2.24) is 0 Å². The number of benzene rings is 2. The molecule has 0 aromatic heterocycles. The summed E-state index contributed by atoms with van der Waals surface area (Å²) in [5.41, 5.74) is 14.4. The molecule has 0 saturated heterocycles. The highest BCUT2D eigenvalue weighted by Crippen LogP contribution is 2.32. The van der Waals surface area contributed by atoms with Crippen LogP contribution >= 0.6 is 0 Å². The van der Waals surface area contributed by atoms with Crippen LogP contribution in [0.5, 0.6) is 5.75 Å². The number of nitrogens with two attached hydrogens (primary N) is 2. The third-order valence-corrected chi connectivity index (χ3v) is 5.86. The summed E-state index contributed by atoms with van der Waals surface area (Å²) < 4.78 is 10.8. The second-order valence-corrected chi connectivity index (χ2v) is 8.49. The van der Waals surface area contributed by atoms with Gasteiger partial charge in [-0.1, -0.05) is 18.2 Å². The Bertz CT molecular complexity index is 969. The van der Waals surface area contributed by atoms with Crippen LogP contribution in [-0.2, 0) is 20.7 Å². The molecular formula is C27H32N2O4. The van der Waals surface area contributed by atoms with E-state index in [2.05, 4.69) is 6.58 Å². The SMILES string of the molecule is C=CCC1CCC(C(=O)Oc2ccc(C=CC(=O)OCCc3cc(N)cc(N)c3)cc2)CC1. The molecule has 0 atom stereocenters. The molecule has 1 saturated carbocycles. The van der Waals surface area contributed by atoms with Crippen molar-refractivity contribution in [3.63, 3.8) is 0 Å². The van der Waals surface area contributed by atoms with Gasteiger partial charge in [0.05, 0.1) is 12.5 Å². The van der Waals surface area contributed by atoms with E-state index in [0.29, 0.717) is 29.5 Å². The molecule has 6 heteroatoms. The predicted octanol–water partition coefficient (Wildman–Crippen LogP) is 4.94. The van der Waals surface area contributed by atoms with Gasteiger partial charge in [0.15, 0.2) is 0 Å². The van der Waals surface area contributed by atoms with Gasteiger partial charge in [0, 0.05) is 23.9 Å². The third-order valence-electron chi connectivity index (χ3n) is 5.86. The largest absolute Gasteiger partial charge is 0.462 e. The van der Waals surface area contributed by atoms with E-state index < -0.39 is 5.97 Å². The first-order valence-corrected chi connectivity index (χ1v) is 11.4. The molecule has 0 heterocycles. The Balaban J connectivity index is 1.41. The summed E-state index contributed by atoms with van der Waals surface area (Å²) in [6.45, 7) is 4.03. The average Bonchev–Trinajstić information content (AvgIpc) is 2.79. The Morgan fingerprint density at radius 3 is 2.30 bits per heavy atom. The van der Waals surface area contributed by atoms with E-state index in [9.17, 15) is 9.59 Å². The third kappa shape index (κ3) is 7.83. The highest BCUT2D eigenvalue weighted by molar-refractivity contribution is 5.87. The summed E-state index contributed by atoms with van der Waals surface area (Å²) in [5, 5.41) is 0. The van der Waals surface area contributed by atoms with Crippen molar-refractivity contribution in [2.45, 2.75) is 38.5 Å². The van der Waals surface area contributed by atoms with Crippen LogP contribution in [0.4, 0.5) is 11.4 Å². The molecule has 2 aromatic carbocycles. The molecule has 0 unspecified atom stereocenters. The van der Waals surface area contributed by atoms with Gasteiger partial charge in [0.2, 0.25) is 0 Å². The molecule has 2 aromatic rings. The van der Waals surface area contributed by atoms with E-state index in [0.717, 1.165) is 43.2 Å². The fourth-order valence-corrected chi connectivity index (χ4v) is 4.09. The highest BCUT2D eigenvalue weighted by Gasteiger charge is 2.27. The fraction of sp³-hybridized carbons (Fsp3) is 0.333. The summed E-state index contributed by atoms with van der Waals surface area (Å²) in [6.07, 6.45) is 10.3. The van der Waals surface area contributed by atoms with E-state index in [1.807, 2.05) is 18.2 Å². The molecule has 6 nitrogen and oxygen atoms in total. The van der Waals surface area contributed by atoms with Gasteiger partial charge < -0.3 is 20.9 Å². The molecule has 33 heavy (non-hydrogen) atoms. The van der Waals surface area contributed by atoms with Crippen LogP contribution in [0.25, 0.3) is 6.08 Å². The first-order valence-electron chi connectivity index (χ1n) is 11.4. The molecule has 0 radical (unpaired) electrons. The van der Waals surface area contributed by atoms with Gasteiger partial charge in [-0.15, -0.1) is 6.58 Å². The monoisotopic (exact) mass is 448 g/mol. The topological polar surface area (TPSA) is 105 Å². The molecule has 0 bridgehead atoms. The quantitative estimate of drug-likeness (QED) is 0.185. The zero-order valence-corrected chi connectivity index (χ0v) is 18.9. The first-order chi connectivity index (χ1) is 15.9. The van der Waals surface area contributed by atoms with Crippen molar-refractivity contribution in [2.24, 2.45) is 11.8 Å². The molecule has 0 spiro atoms. The maximum Gasteiger partial charge on any atom is 0.330 e. The number of ether oxygens (including phenoxy) is 2. The molecular weight excluding hydrogens is 416 g/mol. The van der Waals surface area contributed by atoms with E-state index >= 15 is 0 Å². The fourth-order valence-electron chi connectivity index (χ4n) is 4.09. The number of carbonyl (C=O) groups is 2. The van der Waals surface area contributed by atoms with Crippen molar-refractivity contribution in [2.75, 3.05) is 18.1 Å². The number of hydrogen-bond donors (Lipinski definition) is 2. The number of nitrogen functional groups attached to an aromatic ring is 2. The number of rotatable bonds is 9. The second kappa shape index (κ2) is 11.9. The zero-order chi connectivity index (χ0) is 23.6. The first kappa shape index (κ1) is 24.1. The van der Waals surface area contributed by atoms with Crippen LogP contribution in [0.1, 0.15) is 43.2 Å². The van der Waals surface area contributed by atoms with Gasteiger partial charge in [0.1, 0.15) is 5.75 Å². The lowest BCUT2D eigenvalue weighted by Gasteiger charge is -2.26. The van der Waals surface area contributed by atoms with Crippen molar-refractivity contribution in [1.29, 1.82) is 0 Å². The molecule has 174 valence electrons. The van der Waals surface area contributed by atoms with Gasteiger partial charge in [0.25, 0.3) is 0 Å². The minimum Gasteiger partial charge on any atom is -0.462 e. The molecule has 0 amide bonds. The lowest BCUT2D eigenvalue weighted by atomic mass is 9.80. The standard InChI is InChI=1S/C27H32N2O4/c1-2-3-19-4-9-22(10-5-19)27(31)33-25-11-6-20(7-12-25)8-13-26(30)32-15-14-21-16-23(28)18-24(29)17-21/h2,6-8,11-13,16-19,22H,1,3-5,9-10,14-15,28-29H2. The van der Waals surface area contributed by atoms with Crippen molar-refractivity contribution in [3.8, 4) is 5.75 Å². The number of esters is 2. The molecule has 1 fully saturated rings. The maximum absolute atomic E-state index is 12.4. The Labute approximate surface area is 195 Å². The van der Waals surface area contributed by atoms with Crippen molar-refractivity contribution in [3.05, 3.63) is 72.3 Å². The number of hydrogen-bond acceptors (Lipinski definition) is 6. The lowest BCUT2D eigenvalue weighted by Crippen LogP contribution is -2.25. The van der Waals surface area contributed by atoms with Gasteiger partial charge in [-0.05, 0) is 85.6 Å². The van der Waals surface area contributed by atoms with Crippen LogP contribution < -0.4 is 16.2 Å². The van der Waals surface area contributed by atoms with E-state index in [1.165, 1.54) is 6.08 Å². The van der Waals surface area contributed by atoms with Gasteiger partial charge in [-0.25, -0.2) is 4.79 Å². The number of anilines is 2. The molecule has 3 rings (SSSR count).